The molecule has 0 aliphatic carbocycles. The van der Waals surface area contributed by atoms with Crippen molar-refractivity contribution in [2.45, 2.75) is 17.2 Å². The molecule has 0 radical (unpaired) electrons. The normalized spacial score (nSPS) is 21.4. The van der Waals surface area contributed by atoms with E-state index in [1.54, 1.807) is 0 Å². The Morgan fingerprint density at radius 1 is 1.33 bits per heavy atom. The van der Waals surface area contributed by atoms with E-state index in [4.69, 9.17) is 9.84 Å². The molecule has 1 aromatic rings. The second-order valence-corrected chi connectivity index (χ2v) is 6.44. The molecule has 5 nitrogen and oxygen atoms in total. The topological polar surface area (TPSA) is 66.8 Å². The third-order valence-corrected chi connectivity index (χ3v) is 5.04. The van der Waals surface area contributed by atoms with Crippen molar-refractivity contribution in [3.05, 3.63) is 29.8 Å². The van der Waals surface area contributed by atoms with Gasteiger partial charge in [0, 0.05) is 13.1 Å². The number of benzene rings is 1. The lowest BCUT2D eigenvalue weighted by molar-refractivity contribution is -0.140. The van der Waals surface area contributed by atoms with Crippen LogP contribution >= 0.6 is 0 Å². The van der Waals surface area contributed by atoms with Crippen molar-refractivity contribution in [2.75, 3.05) is 26.3 Å². The first kappa shape index (κ1) is 16.2. The van der Waals surface area contributed by atoms with Gasteiger partial charge in [-0.25, -0.2) is 8.42 Å². The van der Waals surface area contributed by atoms with Crippen LogP contribution in [0.5, 0.6) is 0 Å². The molecule has 1 fully saturated rings. The van der Waals surface area contributed by atoms with E-state index in [0.29, 0.717) is 0 Å². The van der Waals surface area contributed by atoms with Crippen molar-refractivity contribution >= 4 is 10.0 Å². The van der Waals surface area contributed by atoms with E-state index >= 15 is 0 Å². The fraction of sp³-hybridized carbons (Fsp3) is 0.500. The fourth-order valence-electron chi connectivity index (χ4n) is 2.09. The molecular weight excluding hydrogens is 311 g/mol. The van der Waals surface area contributed by atoms with Gasteiger partial charge in [0.25, 0.3) is 0 Å². The van der Waals surface area contributed by atoms with E-state index in [-0.39, 0.29) is 19.7 Å². The molecule has 1 unspecified atom stereocenters. The second-order valence-electron chi connectivity index (χ2n) is 4.53. The van der Waals surface area contributed by atoms with Crippen LogP contribution < -0.4 is 0 Å². The Kier molecular flexibility index (Phi) is 4.57. The number of morpholine rings is 1. The van der Waals surface area contributed by atoms with Gasteiger partial charge in [-0.1, -0.05) is 12.1 Å². The number of rotatable bonds is 3. The molecule has 9 heteroatoms. The van der Waals surface area contributed by atoms with E-state index in [1.807, 2.05) is 0 Å². The van der Waals surface area contributed by atoms with E-state index in [9.17, 15) is 21.6 Å². The van der Waals surface area contributed by atoms with Crippen molar-refractivity contribution in [3.8, 4) is 0 Å². The molecule has 1 atom stereocenters. The van der Waals surface area contributed by atoms with Crippen LogP contribution in [0.1, 0.15) is 5.56 Å². The molecule has 21 heavy (non-hydrogen) atoms. The molecule has 0 amide bonds. The molecule has 1 N–H and O–H groups in total. The summed E-state index contributed by atoms with van der Waals surface area (Å²) in [5, 5.41) is 9.00. The SMILES string of the molecule is O=S(=O)(c1ccccc1C(F)(F)F)N1CCOC(CO)C1. The van der Waals surface area contributed by atoms with Crippen LogP contribution in [0, 0.1) is 0 Å². The highest BCUT2D eigenvalue weighted by Crippen LogP contribution is 2.35. The lowest BCUT2D eigenvalue weighted by Crippen LogP contribution is -2.47. The number of hydrogen-bond acceptors (Lipinski definition) is 4. The number of aliphatic hydroxyl groups excluding tert-OH is 1. The summed E-state index contributed by atoms with van der Waals surface area (Å²) in [7, 11) is -4.30. The van der Waals surface area contributed by atoms with Gasteiger partial charge in [-0.3, -0.25) is 0 Å². The Balaban J connectivity index is 2.41. The largest absolute Gasteiger partial charge is 0.417 e. The van der Waals surface area contributed by atoms with Gasteiger partial charge in [0.15, 0.2) is 0 Å². The third kappa shape index (κ3) is 3.37. The maximum absolute atomic E-state index is 12.9. The number of halogens is 3. The van der Waals surface area contributed by atoms with Crippen LogP contribution in [0.2, 0.25) is 0 Å². The van der Waals surface area contributed by atoms with Crippen molar-refractivity contribution < 1.29 is 31.4 Å². The predicted octanol–water partition coefficient (Wildman–Crippen LogP) is 1.09. The molecule has 0 aromatic heterocycles. The lowest BCUT2D eigenvalue weighted by atomic mass is 10.2. The summed E-state index contributed by atoms with van der Waals surface area (Å²) >= 11 is 0. The molecule has 1 heterocycles. The van der Waals surface area contributed by atoms with Gasteiger partial charge in [0.2, 0.25) is 10.0 Å². The number of alkyl halides is 3. The summed E-state index contributed by atoms with van der Waals surface area (Å²) in [6.45, 7) is -0.596. The Morgan fingerprint density at radius 3 is 2.62 bits per heavy atom. The summed E-state index contributed by atoms with van der Waals surface area (Å²) in [5.74, 6) is 0. The molecule has 2 rings (SSSR count). The highest BCUT2D eigenvalue weighted by molar-refractivity contribution is 7.89. The quantitative estimate of drug-likeness (QED) is 0.903. The maximum Gasteiger partial charge on any atom is 0.417 e. The molecule has 0 bridgehead atoms. The van der Waals surface area contributed by atoms with E-state index in [2.05, 4.69) is 0 Å². The molecule has 1 aliphatic heterocycles. The molecule has 1 aromatic carbocycles. The van der Waals surface area contributed by atoms with E-state index in [1.165, 1.54) is 6.07 Å². The zero-order valence-electron chi connectivity index (χ0n) is 10.9. The molecule has 118 valence electrons. The van der Waals surface area contributed by atoms with E-state index < -0.39 is 39.4 Å². The first-order chi connectivity index (χ1) is 9.76. The Bertz CT molecular complexity index is 603. The van der Waals surface area contributed by atoms with Gasteiger partial charge in [-0.05, 0) is 12.1 Å². The minimum atomic E-state index is -4.76. The van der Waals surface area contributed by atoms with Gasteiger partial charge in [-0.15, -0.1) is 0 Å². The van der Waals surface area contributed by atoms with Gasteiger partial charge < -0.3 is 9.84 Å². The Hall–Kier alpha value is -1.16. The van der Waals surface area contributed by atoms with Crippen LogP contribution in [0.3, 0.4) is 0 Å². The summed E-state index contributed by atoms with van der Waals surface area (Å²) in [6.07, 6.45) is -5.49. The Morgan fingerprint density at radius 2 is 2.00 bits per heavy atom. The number of sulfonamides is 1. The number of aliphatic hydroxyl groups is 1. The third-order valence-electron chi connectivity index (χ3n) is 3.12. The first-order valence-corrected chi connectivity index (χ1v) is 7.59. The minimum absolute atomic E-state index is 0.0264. The molecule has 0 spiro atoms. The van der Waals surface area contributed by atoms with Crippen LogP contribution in [0.4, 0.5) is 13.2 Å². The van der Waals surface area contributed by atoms with Gasteiger partial charge in [0.1, 0.15) is 0 Å². The zero-order chi connectivity index (χ0) is 15.7. The van der Waals surface area contributed by atoms with Crippen molar-refractivity contribution in [1.82, 2.24) is 4.31 Å². The standard InChI is InChI=1S/C12H14F3NO4S/c13-12(14,15)10-3-1-2-4-11(10)21(18,19)16-5-6-20-9(7-16)8-17/h1-4,9,17H,5-8H2. The van der Waals surface area contributed by atoms with Crippen LogP contribution in [-0.2, 0) is 20.9 Å². The average Bonchev–Trinajstić information content (AvgIpc) is 2.46. The second kappa shape index (κ2) is 5.91. The average molecular weight is 325 g/mol. The van der Waals surface area contributed by atoms with Gasteiger partial charge in [-0.2, -0.15) is 17.5 Å². The molecular formula is C12H14F3NO4S. The Labute approximate surface area is 120 Å². The van der Waals surface area contributed by atoms with Crippen molar-refractivity contribution in [3.63, 3.8) is 0 Å². The maximum atomic E-state index is 12.9. The number of ether oxygens (including phenoxy) is 1. The van der Waals surface area contributed by atoms with Crippen molar-refractivity contribution in [1.29, 1.82) is 0 Å². The molecule has 0 saturated carbocycles. The summed E-state index contributed by atoms with van der Waals surface area (Å²) in [6, 6.07) is 4.04. The zero-order valence-corrected chi connectivity index (χ0v) is 11.7. The van der Waals surface area contributed by atoms with E-state index in [0.717, 1.165) is 22.5 Å². The van der Waals surface area contributed by atoms with Crippen LogP contribution in [-0.4, -0.2) is 50.2 Å². The molecule has 1 aliphatic rings. The predicted molar refractivity (Wildman–Crippen MR) is 67.0 cm³/mol. The van der Waals surface area contributed by atoms with Gasteiger partial charge >= 0.3 is 6.18 Å². The van der Waals surface area contributed by atoms with Crippen LogP contribution in [0.25, 0.3) is 0 Å². The summed E-state index contributed by atoms with van der Waals surface area (Å²) in [4.78, 5) is -0.781. The minimum Gasteiger partial charge on any atom is -0.394 e. The number of hydrogen-bond donors (Lipinski definition) is 1. The fourth-order valence-corrected chi connectivity index (χ4v) is 3.75. The summed E-state index contributed by atoms with van der Waals surface area (Å²) < 4.78 is 69.6. The van der Waals surface area contributed by atoms with Gasteiger partial charge in [0.05, 0.1) is 29.8 Å². The smallest absolute Gasteiger partial charge is 0.394 e. The first-order valence-electron chi connectivity index (χ1n) is 6.15. The lowest BCUT2D eigenvalue weighted by Gasteiger charge is -2.31. The summed E-state index contributed by atoms with van der Waals surface area (Å²) in [5.41, 5.74) is -1.20. The number of nitrogens with zero attached hydrogens (tertiary/aromatic N) is 1. The highest BCUT2D eigenvalue weighted by atomic mass is 32.2. The highest BCUT2D eigenvalue weighted by Gasteiger charge is 2.39. The van der Waals surface area contributed by atoms with Crippen molar-refractivity contribution in [2.24, 2.45) is 0 Å². The van der Waals surface area contributed by atoms with Crippen LogP contribution in [0.15, 0.2) is 29.2 Å². The molecule has 1 saturated heterocycles. The monoisotopic (exact) mass is 325 g/mol.